The van der Waals surface area contributed by atoms with Crippen molar-refractivity contribution in [1.29, 1.82) is 0 Å². The van der Waals surface area contributed by atoms with Crippen LogP contribution in [0.1, 0.15) is 5.56 Å². The predicted molar refractivity (Wildman–Crippen MR) is 70.3 cm³/mol. The van der Waals surface area contributed by atoms with Gasteiger partial charge in [-0.05, 0) is 28.5 Å². The molecule has 0 spiro atoms. The van der Waals surface area contributed by atoms with Crippen LogP contribution in [0.2, 0.25) is 0 Å². The highest BCUT2D eigenvalue weighted by atomic mass is 32.1. The second-order valence-corrected chi connectivity index (χ2v) is 4.23. The molecule has 0 unspecified atom stereocenters. The van der Waals surface area contributed by atoms with Crippen LogP contribution in [0.4, 0.5) is 17.3 Å². The lowest BCUT2D eigenvalue weighted by atomic mass is 10.3. The first-order chi connectivity index (χ1) is 8.70. The lowest BCUT2D eigenvalue weighted by molar-refractivity contribution is -0.384. The van der Waals surface area contributed by atoms with E-state index in [4.69, 9.17) is 5.84 Å². The number of aromatic nitrogens is 1. The van der Waals surface area contributed by atoms with E-state index in [9.17, 15) is 10.1 Å². The highest BCUT2D eigenvalue weighted by Gasteiger charge is 2.15. The zero-order chi connectivity index (χ0) is 13.0. The lowest BCUT2D eigenvalue weighted by Gasteiger charge is -2.07. The van der Waals surface area contributed by atoms with E-state index in [0.29, 0.717) is 12.4 Å². The summed E-state index contributed by atoms with van der Waals surface area (Å²) in [6.07, 6.45) is 0. The molecule has 4 N–H and O–H groups in total. The number of pyridine rings is 1. The maximum Gasteiger partial charge on any atom is 0.311 e. The molecule has 0 aliphatic carbocycles. The van der Waals surface area contributed by atoms with Gasteiger partial charge in [-0.3, -0.25) is 10.1 Å². The van der Waals surface area contributed by atoms with E-state index in [0.717, 1.165) is 5.56 Å². The third kappa shape index (κ3) is 2.73. The number of nitrogens with two attached hydrogens (primary N) is 1. The van der Waals surface area contributed by atoms with Crippen molar-refractivity contribution in [3.05, 3.63) is 44.6 Å². The van der Waals surface area contributed by atoms with Gasteiger partial charge in [-0.1, -0.05) is 0 Å². The molecule has 0 radical (unpaired) electrons. The number of hydrazine groups is 1. The summed E-state index contributed by atoms with van der Waals surface area (Å²) in [6.45, 7) is 0.478. The molecule has 0 saturated heterocycles. The summed E-state index contributed by atoms with van der Waals surface area (Å²) >= 11 is 1.57. The van der Waals surface area contributed by atoms with Crippen molar-refractivity contribution in [2.75, 3.05) is 10.7 Å². The monoisotopic (exact) mass is 265 g/mol. The van der Waals surface area contributed by atoms with Crippen LogP contribution in [0.15, 0.2) is 29.0 Å². The van der Waals surface area contributed by atoms with Crippen LogP contribution in [0.25, 0.3) is 0 Å². The van der Waals surface area contributed by atoms with Crippen molar-refractivity contribution in [3.8, 4) is 0 Å². The van der Waals surface area contributed by atoms with Crippen LogP contribution in [0.3, 0.4) is 0 Å². The van der Waals surface area contributed by atoms with Gasteiger partial charge >= 0.3 is 5.69 Å². The van der Waals surface area contributed by atoms with Crippen molar-refractivity contribution in [3.63, 3.8) is 0 Å². The van der Waals surface area contributed by atoms with E-state index in [-0.39, 0.29) is 11.5 Å². The highest BCUT2D eigenvalue weighted by Crippen LogP contribution is 2.24. The zero-order valence-electron chi connectivity index (χ0n) is 9.29. The van der Waals surface area contributed by atoms with E-state index in [1.165, 1.54) is 12.1 Å². The van der Waals surface area contributed by atoms with Crippen LogP contribution in [0.5, 0.6) is 0 Å². The number of hydrogen-bond acceptors (Lipinski definition) is 7. The van der Waals surface area contributed by atoms with Gasteiger partial charge in [0, 0.05) is 12.6 Å². The highest BCUT2D eigenvalue weighted by molar-refractivity contribution is 7.07. The Balaban J connectivity index is 2.20. The molecule has 0 fully saturated rings. The van der Waals surface area contributed by atoms with Gasteiger partial charge in [0.05, 0.1) is 4.92 Å². The van der Waals surface area contributed by atoms with Crippen LogP contribution >= 0.6 is 11.3 Å². The topological polar surface area (TPSA) is 106 Å². The standard InChI is InChI=1S/C10H11N5O2S/c11-14-9-2-1-8(15(16)17)10(13-9)12-5-7-3-4-18-6-7/h1-4,6H,5,11H2,(H2,12,13,14). The fourth-order valence-corrected chi connectivity index (χ4v) is 2.06. The van der Waals surface area contributed by atoms with Crippen LogP contribution in [0, 0.1) is 10.1 Å². The summed E-state index contributed by atoms with van der Waals surface area (Å²) in [4.78, 5) is 14.4. The number of nitrogen functional groups attached to an aromatic ring is 1. The fourth-order valence-electron chi connectivity index (χ4n) is 1.39. The molecule has 2 rings (SSSR count). The largest absolute Gasteiger partial charge is 0.360 e. The Morgan fingerprint density at radius 2 is 2.28 bits per heavy atom. The molecule has 0 aliphatic heterocycles. The molecule has 7 nitrogen and oxygen atoms in total. The molecule has 2 heterocycles. The van der Waals surface area contributed by atoms with E-state index in [2.05, 4.69) is 15.7 Å². The number of nitrogens with one attached hydrogen (secondary N) is 2. The summed E-state index contributed by atoms with van der Waals surface area (Å²) < 4.78 is 0. The fraction of sp³-hybridized carbons (Fsp3) is 0.100. The van der Waals surface area contributed by atoms with Crippen LogP contribution in [-0.2, 0) is 6.54 Å². The van der Waals surface area contributed by atoms with Gasteiger partial charge in [0.25, 0.3) is 0 Å². The molecule has 0 atom stereocenters. The molecule has 0 amide bonds. The Hall–Kier alpha value is -2.19. The van der Waals surface area contributed by atoms with Gasteiger partial charge in [0.15, 0.2) is 0 Å². The van der Waals surface area contributed by atoms with Crippen LogP contribution in [-0.4, -0.2) is 9.91 Å². The molecule has 94 valence electrons. The number of nitrogens with zero attached hydrogens (tertiary/aromatic N) is 2. The third-order valence-electron chi connectivity index (χ3n) is 2.26. The lowest BCUT2D eigenvalue weighted by Crippen LogP contribution is -2.11. The summed E-state index contributed by atoms with van der Waals surface area (Å²) in [5, 5.41) is 17.7. The minimum absolute atomic E-state index is 0.0794. The van der Waals surface area contributed by atoms with Gasteiger partial charge < -0.3 is 10.7 Å². The minimum Gasteiger partial charge on any atom is -0.360 e. The van der Waals surface area contributed by atoms with Crippen LogP contribution < -0.4 is 16.6 Å². The number of thiophene rings is 1. The molecular formula is C10H11N5O2S. The van der Waals surface area contributed by atoms with E-state index in [1.54, 1.807) is 11.3 Å². The number of anilines is 2. The second kappa shape index (κ2) is 5.43. The molecule has 0 aliphatic rings. The van der Waals surface area contributed by atoms with Gasteiger partial charge in [-0.15, -0.1) is 0 Å². The second-order valence-electron chi connectivity index (χ2n) is 3.45. The predicted octanol–water partition coefficient (Wildman–Crippen LogP) is 1.95. The normalized spacial score (nSPS) is 10.1. The molecule has 2 aromatic heterocycles. The third-order valence-corrected chi connectivity index (χ3v) is 2.99. The minimum atomic E-state index is -0.483. The van der Waals surface area contributed by atoms with Crippen molar-refractivity contribution in [1.82, 2.24) is 4.98 Å². The number of rotatable bonds is 5. The number of nitro groups is 1. The van der Waals surface area contributed by atoms with Gasteiger partial charge in [0.2, 0.25) is 5.82 Å². The molecule has 0 bridgehead atoms. The average Bonchev–Trinajstić information content (AvgIpc) is 2.88. The molecule has 0 saturated carbocycles. The smallest absolute Gasteiger partial charge is 0.311 e. The van der Waals surface area contributed by atoms with Crippen molar-refractivity contribution in [2.24, 2.45) is 5.84 Å². The Labute approximate surface area is 107 Å². The maximum absolute atomic E-state index is 10.9. The maximum atomic E-state index is 10.9. The van der Waals surface area contributed by atoms with Gasteiger partial charge in [-0.2, -0.15) is 11.3 Å². The van der Waals surface area contributed by atoms with Crippen molar-refractivity contribution in [2.45, 2.75) is 6.54 Å². The van der Waals surface area contributed by atoms with Crippen molar-refractivity contribution >= 4 is 28.7 Å². The van der Waals surface area contributed by atoms with E-state index >= 15 is 0 Å². The Bertz CT molecular complexity index is 543. The molecule has 0 aromatic carbocycles. The van der Waals surface area contributed by atoms with Gasteiger partial charge in [0.1, 0.15) is 5.82 Å². The zero-order valence-corrected chi connectivity index (χ0v) is 10.1. The average molecular weight is 265 g/mol. The SMILES string of the molecule is NNc1ccc([N+](=O)[O-])c(NCc2ccsc2)n1. The first kappa shape index (κ1) is 12.3. The van der Waals surface area contributed by atoms with Crippen molar-refractivity contribution < 1.29 is 4.92 Å². The summed E-state index contributed by atoms with van der Waals surface area (Å²) in [5.41, 5.74) is 3.32. The molecular weight excluding hydrogens is 254 g/mol. The summed E-state index contributed by atoms with van der Waals surface area (Å²) in [5.74, 6) is 5.79. The molecule has 2 aromatic rings. The Morgan fingerprint density at radius 3 is 2.89 bits per heavy atom. The first-order valence-electron chi connectivity index (χ1n) is 5.07. The Kier molecular flexibility index (Phi) is 3.70. The summed E-state index contributed by atoms with van der Waals surface area (Å²) in [6, 6.07) is 4.75. The summed E-state index contributed by atoms with van der Waals surface area (Å²) in [7, 11) is 0. The van der Waals surface area contributed by atoms with E-state index < -0.39 is 4.92 Å². The molecule has 18 heavy (non-hydrogen) atoms. The van der Waals surface area contributed by atoms with E-state index in [1.807, 2.05) is 16.8 Å². The number of hydrogen-bond donors (Lipinski definition) is 3. The molecule has 8 heteroatoms. The van der Waals surface area contributed by atoms with Gasteiger partial charge in [-0.25, -0.2) is 10.8 Å². The first-order valence-corrected chi connectivity index (χ1v) is 6.02. The Morgan fingerprint density at radius 1 is 1.44 bits per heavy atom. The quantitative estimate of drug-likeness (QED) is 0.433.